The Morgan fingerprint density at radius 3 is 2.43 bits per heavy atom. The van der Waals surface area contributed by atoms with Crippen molar-refractivity contribution < 1.29 is 23.9 Å². The van der Waals surface area contributed by atoms with Gasteiger partial charge in [0.1, 0.15) is 5.60 Å². The third-order valence-electron chi connectivity index (χ3n) is 7.37. The minimum absolute atomic E-state index is 0.303. The van der Waals surface area contributed by atoms with Gasteiger partial charge in [0.25, 0.3) is 5.91 Å². The quantitative estimate of drug-likeness (QED) is 0.401. The highest BCUT2D eigenvalue weighted by Gasteiger charge is 2.40. The molecule has 0 bridgehead atoms. The summed E-state index contributed by atoms with van der Waals surface area (Å²) in [5, 5.41) is 5.48. The monoisotopic (exact) mass is 595 g/mol. The Bertz CT molecular complexity index is 1600. The van der Waals surface area contributed by atoms with E-state index in [4.69, 9.17) is 9.73 Å². The molecule has 3 aromatic carbocycles. The summed E-state index contributed by atoms with van der Waals surface area (Å²) in [6.07, 6.45) is -0.780. The Morgan fingerprint density at radius 1 is 0.977 bits per heavy atom. The molecule has 1 fully saturated rings. The Balaban J connectivity index is 1.48. The Hall–Kier alpha value is -4.99. The second kappa shape index (κ2) is 12.7. The molecule has 10 nitrogen and oxygen atoms in total. The Morgan fingerprint density at radius 2 is 1.70 bits per heavy atom. The number of nitrogens with one attached hydrogen (secondary N) is 2. The van der Waals surface area contributed by atoms with Crippen LogP contribution in [0, 0.1) is 6.92 Å². The number of benzodiazepines with no additional fused rings is 1. The van der Waals surface area contributed by atoms with Crippen molar-refractivity contribution in [1.29, 1.82) is 0 Å². The first kappa shape index (κ1) is 30.5. The molecule has 0 aliphatic carbocycles. The normalized spacial score (nSPS) is 18.2. The van der Waals surface area contributed by atoms with Crippen LogP contribution >= 0.6 is 0 Å². The van der Waals surface area contributed by atoms with Crippen molar-refractivity contribution in [1.82, 2.24) is 10.2 Å². The number of anilines is 2. The lowest BCUT2D eigenvalue weighted by Gasteiger charge is -2.30. The molecule has 44 heavy (non-hydrogen) atoms. The van der Waals surface area contributed by atoms with E-state index in [1.54, 1.807) is 39.0 Å². The van der Waals surface area contributed by atoms with Crippen molar-refractivity contribution in [2.75, 3.05) is 23.3 Å². The average Bonchev–Trinajstić information content (AvgIpc) is 3.44. The molecule has 0 saturated carbocycles. The van der Waals surface area contributed by atoms with Gasteiger partial charge in [-0.15, -0.1) is 0 Å². The van der Waals surface area contributed by atoms with Crippen LogP contribution in [-0.4, -0.2) is 65.3 Å². The maximum atomic E-state index is 14.2. The number of carbonyl (C=O) groups excluding carboxylic acids is 4. The van der Waals surface area contributed by atoms with Gasteiger partial charge >= 0.3 is 12.1 Å². The first-order valence-electron chi connectivity index (χ1n) is 14.7. The predicted octanol–water partition coefficient (Wildman–Crippen LogP) is 5.30. The molecule has 2 aliphatic heterocycles. The molecule has 0 aromatic heterocycles. The van der Waals surface area contributed by atoms with Crippen molar-refractivity contribution in [3.05, 3.63) is 95.6 Å². The molecule has 3 aromatic rings. The minimum atomic E-state index is -1.33. The molecule has 10 heteroatoms. The van der Waals surface area contributed by atoms with Crippen LogP contribution in [0.25, 0.3) is 0 Å². The van der Waals surface area contributed by atoms with Gasteiger partial charge in [-0.2, -0.15) is 0 Å². The highest BCUT2D eigenvalue weighted by molar-refractivity contribution is 6.21. The summed E-state index contributed by atoms with van der Waals surface area (Å²) in [5.41, 5.74) is 3.19. The molecular weight excluding hydrogens is 558 g/mol. The molecule has 0 spiro atoms. The van der Waals surface area contributed by atoms with Gasteiger partial charge in [-0.25, -0.2) is 14.6 Å². The maximum absolute atomic E-state index is 14.2. The van der Waals surface area contributed by atoms with Gasteiger partial charge in [0.05, 0.1) is 24.0 Å². The number of aryl methyl sites for hydroxylation is 1. The molecule has 2 aliphatic rings. The van der Waals surface area contributed by atoms with E-state index < -0.39 is 35.8 Å². The zero-order chi connectivity index (χ0) is 31.4. The standard InChI is InChI=1S/C34H37N5O5/c1-22-12-10-15-24(20-22)35-32(42)37-30-31(41)39(21-28(40)27-18-11-19-38(27)33(43)44-34(2,3)4)26-17-9-8-16-25(26)29(36-30)23-13-6-5-7-14-23/h5-10,12-17,20,27,30H,11,18-19,21H2,1-4H3,(H2,35,37,42)/t27-,30?/m1/s1. The van der Waals surface area contributed by atoms with Gasteiger partial charge in [-0.05, 0) is 64.3 Å². The number of nitrogens with zero attached hydrogens (tertiary/aromatic N) is 3. The number of ketones is 1. The van der Waals surface area contributed by atoms with E-state index in [-0.39, 0.29) is 12.3 Å². The van der Waals surface area contributed by atoms with E-state index in [0.29, 0.717) is 42.0 Å². The van der Waals surface area contributed by atoms with Gasteiger partial charge in [0.15, 0.2) is 5.78 Å². The highest BCUT2D eigenvalue weighted by Crippen LogP contribution is 2.30. The van der Waals surface area contributed by atoms with Crippen LogP contribution in [0.1, 0.15) is 50.3 Å². The third kappa shape index (κ3) is 6.96. The largest absolute Gasteiger partial charge is 0.444 e. The molecule has 2 heterocycles. The third-order valence-corrected chi connectivity index (χ3v) is 7.37. The fraction of sp³-hybridized carbons (Fsp3) is 0.324. The molecule has 5 rings (SSSR count). The van der Waals surface area contributed by atoms with Crippen molar-refractivity contribution in [3.63, 3.8) is 0 Å². The lowest BCUT2D eigenvalue weighted by molar-refractivity contribution is -0.125. The number of Topliss-reactive ketones (excluding diaryl/α,β-unsaturated/α-hetero) is 1. The number of aliphatic imine (C=N–C) groups is 1. The van der Waals surface area contributed by atoms with Crippen LogP contribution < -0.4 is 15.5 Å². The van der Waals surface area contributed by atoms with E-state index in [9.17, 15) is 19.2 Å². The fourth-order valence-electron chi connectivity index (χ4n) is 5.43. The summed E-state index contributed by atoms with van der Waals surface area (Å²) in [6, 6.07) is 22.5. The van der Waals surface area contributed by atoms with Crippen LogP contribution in [0.4, 0.5) is 21.0 Å². The molecule has 2 atom stereocenters. The minimum Gasteiger partial charge on any atom is -0.444 e. The van der Waals surface area contributed by atoms with E-state index in [0.717, 1.165) is 11.1 Å². The van der Waals surface area contributed by atoms with E-state index in [2.05, 4.69) is 10.6 Å². The van der Waals surface area contributed by atoms with Crippen molar-refractivity contribution in [2.24, 2.45) is 4.99 Å². The summed E-state index contributed by atoms with van der Waals surface area (Å²) < 4.78 is 5.55. The summed E-state index contributed by atoms with van der Waals surface area (Å²) in [7, 11) is 0. The maximum Gasteiger partial charge on any atom is 0.410 e. The topological polar surface area (TPSA) is 120 Å². The number of ether oxygens (including phenoxy) is 1. The lowest BCUT2D eigenvalue weighted by Crippen LogP contribution is -2.52. The number of para-hydroxylation sites is 1. The van der Waals surface area contributed by atoms with E-state index in [1.807, 2.05) is 67.6 Å². The van der Waals surface area contributed by atoms with Gasteiger partial charge in [0, 0.05) is 23.4 Å². The molecule has 2 N–H and O–H groups in total. The van der Waals surface area contributed by atoms with Crippen LogP contribution in [0.5, 0.6) is 0 Å². The Labute approximate surface area is 257 Å². The number of carbonyl (C=O) groups is 4. The highest BCUT2D eigenvalue weighted by atomic mass is 16.6. The summed E-state index contributed by atoms with van der Waals surface area (Å²) in [6.45, 7) is 7.32. The van der Waals surface area contributed by atoms with Gasteiger partial charge in [-0.3, -0.25) is 14.5 Å². The number of urea groups is 1. The smallest absolute Gasteiger partial charge is 0.410 e. The number of fused-ring (bicyclic) bond motifs is 1. The SMILES string of the molecule is Cc1cccc(NC(=O)NC2N=C(c3ccccc3)c3ccccc3N(CC(=O)[C@H]3CCCN3C(=O)OC(C)(C)C)C2=O)c1. The van der Waals surface area contributed by atoms with Crippen molar-refractivity contribution >= 4 is 40.9 Å². The van der Waals surface area contributed by atoms with Gasteiger partial charge in [-0.1, -0.05) is 60.7 Å². The molecular formula is C34H37N5O5. The number of rotatable bonds is 6. The molecule has 1 saturated heterocycles. The van der Waals surface area contributed by atoms with Crippen molar-refractivity contribution in [2.45, 2.75) is 58.3 Å². The number of hydrogen-bond donors (Lipinski definition) is 2. The summed E-state index contributed by atoms with van der Waals surface area (Å²) in [4.78, 5) is 61.7. The lowest BCUT2D eigenvalue weighted by atomic mass is 10.00. The number of hydrogen-bond acceptors (Lipinski definition) is 6. The zero-order valence-corrected chi connectivity index (χ0v) is 25.4. The van der Waals surface area contributed by atoms with Crippen LogP contribution in [0.2, 0.25) is 0 Å². The second-order valence-electron chi connectivity index (χ2n) is 12.0. The van der Waals surface area contributed by atoms with Crippen LogP contribution in [-0.2, 0) is 14.3 Å². The van der Waals surface area contributed by atoms with Crippen molar-refractivity contribution in [3.8, 4) is 0 Å². The van der Waals surface area contributed by atoms with Crippen LogP contribution in [0.15, 0.2) is 83.9 Å². The first-order chi connectivity index (χ1) is 21.0. The molecule has 1 unspecified atom stereocenters. The summed E-state index contributed by atoms with van der Waals surface area (Å²) >= 11 is 0. The second-order valence-corrected chi connectivity index (χ2v) is 12.0. The van der Waals surface area contributed by atoms with E-state index in [1.165, 1.54) is 9.80 Å². The fourth-order valence-corrected chi connectivity index (χ4v) is 5.43. The first-order valence-corrected chi connectivity index (χ1v) is 14.7. The van der Waals surface area contributed by atoms with Gasteiger partial charge in [0.2, 0.25) is 6.17 Å². The number of likely N-dealkylation sites (tertiary alicyclic amines) is 1. The Kier molecular flexibility index (Phi) is 8.80. The average molecular weight is 596 g/mol. The number of benzene rings is 3. The molecule has 0 radical (unpaired) electrons. The van der Waals surface area contributed by atoms with Gasteiger partial charge < -0.3 is 20.3 Å². The number of amides is 4. The molecule has 228 valence electrons. The van der Waals surface area contributed by atoms with E-state index >= 15 is 0 Å². The zero-order valence-electron chi connectivity index (χ0n) is 25.4. The predicted molar refractivity (Wildman–Crippen MR) is 169 cm³/mol. The summed E-state index contributed by atoms with van der Waals surface area (Å²) in [5.74, 6) is -0.874. The van der Waals surface area contributed by atoms with Crippen LogP contribution in [0.3, 0.4) is 0 Å². The molecule has 4 amide bonds.